The molecule has 0 unspecified atom stereocenters. The molecule has 0 fully saturated rings. The Labute approximate surface area is 192 Å². The minimum absolute atomic E-state index is 0.204. The molecule has 33 heavy (non-hydrogen) atoms. The Hall–Kier alpha value is -4.13. The summed E-state index contributed by atoms with van der Waals surface area (Å²) in [5, 5.41) is 0. The number of esters is 1. The first-order chi connectivity index (χ1) is 16.1. The van der Waals surface area contributed by atoms with Crippen LogP contribution in [0.3, 0.4) is 0 Å². The molecule has 0 saturated carbocycles. The second kappa shape index (κ2) is 10.5. The Morgan fingerprint density at radius 3 is 2.52 bits per heavy atom. The fraction of sp³-hybridized carbons (Fsp3) is 0.192. The lowest BCUT2D eigenvalue weighted by atomic mass is 10.1. The highest BCUT2D eigenvalue weighted by atomic mass is 16.5. The van der Waals surface area contributed by atoms with E-state index in [1.54, 1.807) is 6.20 Å². The number of methoxy groups -OCH3 is 1. The van der Waals surface area contributed by atoms with E-state index in [2.05, 4.69) is 9.97 Å². The maximum absolute atomic E-state index is 11.4. The van der Waals surface area contributed by atoms with Crippen LogP contribution in [-0.4, -0.2) is 23.0 Å². The van der Waals surface area contributed by atoms with Gasteiger partial charge in [0.2, 0.25) is 5.89 Å². The fourth-order valence-electron chi connectivity index (χ4n) is 3.14. The number of carbonyl (C=O) groups excluding carboxylic acids is 1. The van der Waals surface area contributed by atoms with E-state index < -0.39 is 0 Å². The van der Waals surface area contributed by atoms with Crippen LogP contribution in [0, 0.1) is 6.92 Å². The van der Waals surface area contributed by atoms with Crippen LogP contribution in [0.25, 0.3) is 11.5 Å². The Balaban J connectivity index is 1.31. The third-order valence-electron chi connectivity index (χ3n) is 4.95. The van der Waals surface area contributed by atoms with Gasteiger partial charge >= 0.3 is 5.97 Å². The highest BCUT2D eigenvalue weighted by Crippen LogP contribution is 2.23. The van der Waals surface area contributed by atoms with Crippen molar-refractivity contribution in [2.75, 3.05) is 7.11 Å². The molecule has 0 saturated heterocycles. The smallest absolute Gasteiger partial charge is 0.309 e. The average Bonchev–Trinajstić information content (AvgIpc) is 3.23. The number of aromatic nitrogens is 2. The van der Waals surface area contributed by atoms with Crippen LogP contribution >= 0.6 is 0 Å². The van der Waals surface area contributed by atoms with E-state index in [0.717, 1.165) is 28.3 Å². The summed E-state index contributed by atoms with van der Waals surface area (Å²) < 4.78 is 22.1. The topological polar surface area (TPSA) is 83.7 Å². The second-order valence-corrected chi connectivity index (χ2v) is 7.35. The number of hydrogen-bond donors (Lipinski definition) is 0. The van der Waals surface area contributed by atoms with Crippen molar-refractivity contribution in [3.63, 3.8) is 0 Å². The standard InChI is InChI=1S/C26H24N2O5/c1-18-24(28-26(33-18)20-8-4-3-5-9-20)17-32-23-12-11-21(27-15-23)16-31-22-10-6-7-19(13-22)14-25(29)30-2/h3-13,15H,14,16-17H2,1-2H3. The molecule has 168 valence electrons. The van der Waals surface area contributed by atoms with Gasteiger partial charge in [0.05, 0.1) is 25.4 Å². The second-order valence-electron chi connectivity index (χ2n) is 7.35. The quantitative estimate of drug-likeness (QED) is 0.339. The van der Waals surface area contributed by atoms with Crippen LogP contribution in [0.5, 0.6) is 11.5 Å². The lowest BCUT2D eigenvalue weighted by molar-refractivity contribution is -0.139. The van der Waals surface area contributed by atoms with Crippen molar-refractivity contribution in [2.45, 2.75) is 26.6 Å². The number of rotatable bonds is 9. The molecule has 2 aromatic carbocycles. The molecule has 4 rings (SSSR count). The van der Waals surface area contributed by atoms with Crippen molar-refractivity contribution in [1.82, 2.24) is 9.97 Å². The first-order valence-electron chi connectivity index (χ1n) is 10.5. The van der Waals surface area contributed by atoms with Crippen LogP contribution in [0.2, 0.25) is 0 Å². The predicted octanol–water partition coefficient (Wildman–Crippen LogP) is 4.92. The van der Waals surface area contributed by atoms with E-state index in [0.29, 0.717) is 24.0 Å². The molecule has 0 atom stereocenters. The molecule has 0 aliphatic rings. The summed E-state index contributed by atoms with van der Waals surface area (Å²) in [7, 11) is 1.37. The Morgan fingerprint density at radius 1 is 0.939 bits per heavy atom. The molecule has 7 nitrogen and oxygen atoms in total. The molecule has 0 bridgehead atoms. The zero-order chi connectivity index (χ0) is 23.0. The lowest BCUT2D eigenvalue weighted by Gasteiger charge is -2.08. The molecule has 0 spiro atoms. The minimum atomic E-state index is -0.290. The van der Waals surface area contributed by atoms with Gasteiger partial charge in [0.25, 0.3) is 0 Å². The maximum Gasteiger partial charge on any atom is 0.309 e. The molecule has 4 aromatic rings. The van der Waals surface area contributed by atoms with Crippen molar-refractivity contribution in [2.24, 2.45) is 0 Å². The van der Waals surface area contributed by atoms with Crippen LogP contribution in [-0.2, 0) is 29.2 Å². The van der Waals surface area contributed by atoms with E-state index in [-0.39, 0.29) is 19.0 Å². The van der Waals surface area contributed by atoms with E-state index in [1.807, 2.05) is 73.7 Å². The van der Waals surface area contributed by atoms with Gasteiger partial charge in [0.15, 0.2) is 0 Å². The highest BCUT2D eigenvalue weighted by molar-refractivity contribution is 5.72. The molecule has 0 radical (unpaired) electrons. The first-order valence-corrected chi connectivity index (χ1v) is 10.5. The number of pyridine rings is 1. The summed E-state index contributed by atoms with van der Waals surface area (Å²) in [6.07, 6.45) is 1.86. The largest absolute Gasteiger partial charge is 0.487 e. The Kier molecular flexibility index (Phi) is 6.99. The monoisotopic (exact) mass is 444 g/mol. The summed E-state index contributed by atoms with van der Waals surface area (Å²) in [4.78, 5) is 20.4. The third-order valence-corrected chi connectivity index (χ3v) is 4.95. The van der Waals surface area contributed by atoms with Crippen molar-refractivity contribution in [1.29, 1.82) is 0 Å². The first kappa shape index (κ1) is 22.1. The summed E-state index contributed by atoms with van der Waals surface area (Å²) in [6, 6.07) is 20.8. The minimum Gasteiger partial charge on any atom is -0.487 e. The summed E-state index contributed by atoms with van der Waals surface area (Å²) in [5.74, 6) is 2.30. The molecular weight excluding hydrogens is 420 g/mol. The third kappa shape index (κ3) is 5.98. The molecule has 2 aromatic heterocycles. The summed E-state index contributed by atoms with van der Waals surface area (Å²) >= 11 is 0. The van der Waals surface area contributed by atoms with Crippen molar-refractivity contribution in [3.05, 3.63) is 95.6 Å². The lowest BCUT2D eigenvalue weighted by Crippen LogP contribution is -2.05. The van der Waals surface area contributed by atoms with Gasteiger partial charge < -0.3 is 18.6 Å². The average molecular weight is 444 g/mol. The number of ether oxygens (including phenoxy) is 3. The molecule has 0 aliphatic carbocycles. The summed E-state index contributed by atoms with van der Waals surface area (Å²) in [5.41, 5.74) is 3.25. The van der Waals surface area contributed by atoms with E-state index in [9.17, 15) is 4.79 Å². The molecule has 2 heterocycles. The van der Waals surface area contributed by atoms with E-state index in [4.69, 9.17) is 18.6 Å². The number of hydrogen-bond acceptors (Lipinski definition) is 7. The van der Waals surface area contributed by atoms with Crippen LogP contribution in [0.1, 0.15) is 22.7 Å². The number of carbonyl (C=O) groups is 1. The normalized spacial score (nSPS) is 10.6. The van der Waals surface area contributed by atoms with Gasteiger partial charge in [0, 0.05) is 5.56 Å². The van der Waals surface area contributed by atoms with Crippen LogP contribution < -0.4 is 9.47 Å². The van der Waals surface area contributed by atoms with Crippen molar-refractivity contribution in [3.8, 4) is 23.0 Å². The number of oxazole rings is 1. The van der Waals surface area contributed by atoms with E-state index >= 15 is 0 Å². The van der Waals surface area contributed by atoms with Gasteiger partial charge in [-0.05, 0) is 48.9 Å². The SMILES string of the molecule is COC(=O)Cc1cccc(OCc2ccc(OCc3nc(-c4ccccc4)oc3C)cn2)c1. The van der Waals surface area contributed by atoms with Gasteiger partial charge in [-0.25, -0.2) is 4.98 Å². The molecule has 0 N–H and O–H groups in total. The highest BCUT2D eigenvalue weighted by Gasteiger charge is 2.12. The van der Waals surface area contributed by atoms with E-state index in [1.165, 1.54) is 7.11 Å². The van der Waals surface area contributed by atoms with Crippen molar-refractivity contribution >= 4 is 5.97 Å². The fourth-order valence-corrected chi connectivity index (χ4v) is 3.14. The molecule has 0 aliphatic heterocycles. The Bertz CT molecular complexity index is 1200. The Morgan fingerprint density at radius 2 is 1.76 bits per heavy atom. The number of benzene rings is 2. The van der Waals surface area contributed by atoms with Gasteiger partial charge in [0.1, 0.15) is 36.2 Å². The predicted molar refractivity (Wildman–Crippen MR) is 122 cm³/mol. The van der Waals surface area contributed by atoms with Crippen LogP contribution in [0.4, 0.5) is 0 Å². The van der Waals surface area contributed by atoms with Gasteiger partial charge in [-0.1, -0.05) is 30.3 Å². The van der Waals surface area contributed by atoms with Gasteiger partial charge in [-0.3, -0.25) is 9.78 Å². The zero-order valence-electron chi connectivity index (χ0n) is 18.5. The maximum atomic E-state index is 11.4. The number of nitrogens with zero attached hydrogens (tertiary/aromatic N) is 2. The molecule has 0 amide bonds. The van der Waals surface area contributed by atoms with Crippen molar-refractivity contribution < 1.29 is 23.4 Å². The van der Waals surface area contributed by atoms with Gasteiger partial charge in [-0.2, -0.15) is 0 Å². The molecule has 7 heteroatoms. The zero-order valence-corrected chi connectivity index (χ0v) is 18.5. The van der Waals surface area contributed by atoms with Crippen LogP contribution in [0.15, 0.2) is 77.3 Å². The summed E-state index contributed by atoms with van der Waals surface area (Å²) in [6.45, 7) is 2.45. The van der Waals surface area contributed by atoms with Gasteiger partial charge in [-0.15, -0.1) is 0 Å². The molecular formula is C26H24N2O5. The number of aryl methyl sites for hydroxylation is 1.